The van der Waals surface area contributed by atoms with Crippen LogP contribution in [0.15, 0.2) is 30.3 Å². The molecule has 1 aliphatic heterocycles. The van der Waals surface area contributed by atoms with Crippen molar-refractivity contribution in [2.24, 2.45) is 5.92 Å². The molecule has 1 unspecified atom stereocenters. The Morgan fingerprint density at radius 1 is 1.30 bits per heavy atom. The number of amides is 1. The maximum Gasteiger partial charge on any atom is 0.224 e. The van der Waals surface area contributed by atoms with Crippen molar-refractivity contribution in [3.8, 4) is 0 Å². The van der Waals surface area contributed by atoms with Crippen molar-refractivity contribution in [3.05, 3.63) is 35.9 Å². The van der Waals surface area contributed by atoms with Crippen LogP contribution in [0.4, 0.5) is 0 Å². The highest BCUT2D eigenvalue weighted by Gasteiger charge is 2.25. The summed E-state index contributed by atoms with van der Waals surface area (Å²) in [4.78, 5) is 25.9. The Kier molecular flexibility index (Phi) is 5.30. The maximum absolute atomic E-state index is 12.1. The number of likely N-dealkylation sites (tertiary alicyclic amines) is 1. The molecule has 0 spiro atoms. The second-order valence-electron chi connectivity index (χ2n) is 5.39. The van der Waals surface area contributed by atoms with Gasteiger partial charge in [0.05, 0.1) is 12.5 Å². The fraction of sp³-hybridized carbons (Fsp3) is 0.500. The molecule has 0 bridgehead atoms. The van der Waals surface area contributed by atoms with E-state index in [-0.39, 0.29) is 17.6 Å². The van der Waals surface area contributed by atoms with Crippen LogP contribution in [-0.4, -0.2) is 43.3 Å². The summed E-state index contributed by atoms with van der Waals surface area (Å²) in [5, 5.41) is 2.70. The molecule has 2 rings (SSSR count). The molecule has 0 aromatic heterocycles. The van der Waals surface area contributed by atoms with E-state index in [0.717, 1.165) is 24.9 Å². The number of rotatable bonds is 5. The number of ketones is 1. The van der Waals surface area contributed by atoms with Gasteiger partial charge in [-0.3, -0.25) is 14.5 Å². The number of hydrogen-bond acceptors (Lipinski definition) is 3. The van der Waals surface area contributed by atoms with Gasteiger partial charge in [0.1, 0.15) is 0 Å². The van der Waals surface area contributed by atoms with Gasteiger partial charge in [-0.1, -0.05) is 30.3 Å². The van der Waals surface area contributed by atoms with Crippen molar-refractivity contribution in [2.75, 3.05) is 26.7 Å². The molecule has 1 aliphatic rings. The van der Waals surface area contributed by atoms with Gasteiger partial charge in [0.15, 0.2) is 5.78 Å². The van der Waals surface area contributed by atoms with E-state index < -0.39 is 0 Å². The lowest BCUT2D eigenvalue weighted by molar-refractivity contribution is -0.127. The number of benzene rings is 1. The van der Waals surface area contributed by atoms with E-state index in [2.05, 4.69) is 10.2 Å². The van der Waals surface area contributed by atoms with Gasteiger partial charge in [-0.05, 0) is 24.9 Å². The lowest BCUT2D eigenvalue weighted by atomic mass is 9.96. The van der Waals surface area contributed by atoms with Crippen molar-refractivity contribution in [3.63, 3.8) is 0 Å². The molecule has 1 fully saturated rings. The molecule has 1 heterocycles. The normalized spacial score (nSPS) is 19.6. The Bertz CT molecular complexity index is 459. The van der Waals surface area contributed by atoms with E-state index in [1.807, 2.05) is 30.3 Å². The standard InChI is InChI=1S/C16H22N2O2/c1-17-16(20)14-8-5-9-18(11-14)12-15(19)10-13-6-3-2-4-7-13/h2-4,6-7,14H,5,8-12H2,1H3,(H,17,20). The molecule has 1 aromatic rings. The third-order valence-electron chi connectivity index (χ3n) is 3.77. The average molecular weight is 274 g/mol. The van der Waals surface area contributed by atoms with Crippen molar-refractivity contribution in [2.45, 2.75) is 19.3 Å². The molecule has 1 aromatic carbocycles. The molecular weight excluding hydrogens is 252 g/mol. The second kappa shape index (κ2) is 7.20. The van der Waals surface area contributed by atoms with Crippen LogP contribution in [0.25, 0.3) is 0 Å². The van der Waals surface area contributed by atoms with Crippen LogP contribution in [0, 0.1) is 5.92 Å². The predicted molar refractivity (Wildman–Crippen MR) is 78.4 cm³/mol. The lowest BCUT2D eigenvalue weighted by Gasteiger charge is -2.31. The van der Waals surface area contributed by atoms with Crippen LogP contribution in [0.5, 0.6) is 0 Å². The topological polar surface area (TPSA) is 49.4 Å². The maximum atomic E-state index is 12.1. The highest BCUT2D eigenvalue weighted by atomic mass is 16.2. The van der Waals surface area contributed by atoms with Crippen molar-refractivity contribution in [1.82, 2.24) is 10.2 Å². The van der Waals surface area contributed by atoms with Gasteiger partial charge in [0.25, 0.3) is 0 Å². The molecule has 20 heavy (non-hydrogen) atoms. The summed E-state index contributed by atoms with van der Waals surface area (Å²) in [6, 6.07) is 9.80. The summed E-state index contributed by atoms with van der Waals surface area (Å²) in [6.45, 7) is 2.05. The third-order valence-corrected chi connectivity index (χ3v) is 3.77. The monoisotopic (exact) mass is 274 g/mol. The summed E-state index contributed by atoms with van der Waals surface area (Å²) in [6.07, 6.45) is 2.38. The first kappa shape index (κ1) is 14.7. The van der Waals surface area contributed by atoms with Crippen LogP contribution in [0.1, 0.15) is 18.4 Å². The largest absolute Gasteiger partial charge is 0.359 e. The second-order valence-corrected chi connectivity index (χ2v) is 5.39. The van der Waals surface area contributed by atoms with Gasteiger partial charge in [0.2, 0.25) is 5.91 Å². The molecule has 0 radical (unpaired) electrons. The molecule has 1 saturated heterocycles. The van der Waals surface area contributed by atoms with Gasteiger partial charge in [-0.2, -0.15) is 0 Å². The van der Waals surface area contributed by atoms with Crippen LogP contribution in [-0.2, 0) is 16.0 Å². The molecule has 108 valence electrons. The van der Waals surface area contributed by atoms with Gasteiger partial charge >= 0.3 is 0 Å². The predicted octanol–water partition coefficient (Wildman–Crippen LogP) is 1.26. The zero-order valence-electron chi connectivity index (χ0n) is 12.0. The van der Waals surface area contributed by atoms with E-state index >= 15 is 0 Å². The molecule has 1 N–H and O–H groups in total. The Labute approximate surface area is 120 Å². The zero-order chi connectivity index (χ0) is 14.4. The van der Waals surface area contributed by atoms with Gasteiger partial charge in [0, 0.05) is 20.0 Å². The van der Waals surface area contributed by atoms with E-state index in [0.29, 0.717) is 19.5 Å². The highest BCUT2D eigenvalue weighted by molar-refractivity contribution is 5.83. The van der Waals surface area contributed by atoms with Crippen molar-refractivity contribution >= 4 is 11.7 Å². The van der Waals surface area contributed by atoms with Crippen LogP contribution in [0.3, 0.4) is 0 Å². The van der Waals surface area contributed by atoms with E-state index in [9.17, 15) is 9.59 Å². The summed E-state index contributed by atoms with van der Waals surface area (Å²) >= 11 is 0. The Morgan fingerprint density at radius 2 is 2.05 bits per heavy atom. The molecule has 1 atom stereocenters. The van der Waals surface area contributed by atoms with Crippen LogP contribution in [0.2, 0.25) is 0 Å². The Balaban J connectivity index is 1.83. The van der Waals surface area contributed by atoms with Crippen molar-refractivity contribution in [1.29, 1.82) is 0 Å². The van der Waals surface area contributed by atoms with Gasteiger partial charge < -0.3 is 5.32 Å². The number of hydrogen-bond donors (Lipinski definition) is 1. The zero-order valence-corrected chi connectivity index (χ0v) is 12.0. The minimum absolute atomic E-state index is 0.0262. The first-order valence-corrected chi connectivity index (χ1v) is 7.18. The fourth-order valence-electron chi connectivity index (χ4n) is 2.75. The smallest absolute Gasteiger partial charge is 0.224 e. The number of nitrogens with one attached hydrogen (secondary N) is 1. The summed E-state index contributed by atoms with van der Waals surface area (Å²) < 4.78 is 0. The number of nitrogens with zero attached hydrogens (tertiary/aromatic N) is 1. The third kappa shape index (κ3) is 4.17. The molecule has 0 saturated carbocycles. The van der Waals surface area contributed by atoms with E-state index in [1.54, 1.807) is 7.05 Å². The Morgan fingerprint density at radius 3 is 2.75 bits per heavy atom. The molecule has 4 nitrogen and oxygen atoms in total. The molecule has 1 amide bonds. The number of carbonyl (C=O) groups is 2. The number of piperidine rings is 1. The van der Waals surface area contributed by atoms with Gasteiger partial charge in [-0.25, -0.2) is 0 Å². The van der Waals surface area contributed by atoms with E-state index in [1.165, 1.54) is 0 Å². The Hall–Kier alpha value is -1.68. The van der Waals surface area contributed by atoms with E-state index in [4.69, 9.17) is 0 Å². The molecule has 0 aliphatic carbocycles. The summed E-state index contributed by atoms with van der Waals surface area (Å²) in [7, 11) is 1.67. The molecular formula is C16H22N2O2. The first-order valence-electron chi connectivity index (χ1n) is 7.18. The number of carbonyl (C=O) groups excluding carboxylic acids is 2. The minimum Gasteiger partial charge on any atom is -0.359 e. The van der Waals surface area contributed by atoms with Crippen LogP contribution >= 0.6 is 0 Å². The first-order chi connectivity index (χ1) is 9.69. The molecule has 4 heteroatoms. The average Bonchev–Trinajstić information content (AvgIpc) is 2.47. The SMILES string of the molecule is CNC(=O)C1CCCN(CC(=O)Cc2ccccc2)C1. The lowest BCUT2D eigenvalue weighted by Crippen LogP contribution is -2.44. The number of Topliss-reactive ketones (excluding diaryl/α,β-unsaturated/α-hetero) is 1. The van der Waals surface area contributed by atoms with Gasteiger partial charge in [-0.15, -0.1) is 0 Å². The highest BCUT2D eigenvalue weighted by Crippen LogP contribution is 2.16. The quantitative estimate of drug-likeness (QED) is 0.879. The summed E-state index contributed by atoms with van der Waals surface area (Å²) in [5.41, 5.74) is 1.05. The van der Waals surface area contributed by atoms with Crippen molar-refractivity contribution < 1.29 is 9.59 Å². The summed E-state index contributed by atoms with van der Waals surface area (Å²) in [5.74, 6) is 0.331. The minimum atomic E-state index is 0.0262. The van der Waals surface area contributed by atoms with Crippen LogP contribution < -0.4 is 5.32 Å². The fourth-order valence-corrected chi connectivity index (χ4v) is 2.75.